The van der Waals surface area contributed by atoms with Crippen molar-refractivity contribution in [3.63, 3.8) is 0 Å². The molecule has 1 N–H and O–H groups in total. The Labute approximate surface area is 172 Å². The maximum atomic E-state index is 12.1. The molecule has 0 spiro atoms. The Bertz CT molecular complexity index is 997. The monoisotopic (exact) mass is 412 g/mol. The number of rotatable bonds is 7. The number of benzene rings is 2. The Balaban J connectivity index is 1.59. The molecule has 3 rings (SSSR count). The predicted octanol–water partition coefficient (Wildman–Crippen LogP) is 5.06. The Morgan fingerprint density at radius 3 is 2.57 bits per heavy atom. The summed E-state index contributed by atoms with van der Waals surface area (Å²) in [6, 6.07) is 15.0. The minimum absolute atomic E-state index is 0.0234. The van der Waals surface area contributed by atoms with Gasteiger partial charge in [-0.3, -0.25) is 9.59 Å². The zero-order valence-electron chi connectivity index (χ0n) is 15.8. The molecule has 1 aromatic heterocycles. The average molecular weight is 413 g/mol. The van der Waals surface area contributed by atoms with Gasteiger partial charge in [-0.1, -0.05) is 6.07 Å². The molecule has 0 aliphatic heterocycles. The number of aromatic nitrogens is 1. The first-order chi connectivity index (χ1) is 13.5. The zero-order valence-corrected chi connectivity index (χ0v) is 17.4. The third-order valence-corrected chi connectivity index (χ3v) is 5.97. The molecule has 3 aromatic rings. The summed E-state index contributed by atoms with van der Waals surface area (Å²) in [5.41, 5.74) is 2.40. The van der Waals surface area contributed by atoms with Crippen molar-refractivity contribution in [1.82, 2.24) is 4.98 Å². The molecular formula is C21H20N2O3S2. The number of hydrogen-bond acceptors (Lipinski definition) is 6. The number of thioether (sulfide) groups is 1. The van der Waals surface area contributed by atoms with Crippen molar-refractivity contribution in [2.75, 3.05) is 18.2 Å². The van der Waals surface area contributed by atoms with Crippen LogP contribution in [-0.4, -0.2) is 29.5 Å². The van der Waals surface area contributed by atoms with Crippen LogP contribution in [0.15, 0.2) is 53.4 Å². The third kappa shape index (κ3) is 4.99. The fourth-order valence-electron chi connectivity index (χ4n) is 2.59. The fraction of sp³-hybridized carbons (Fsp3) is 0.190. The first-order valence-electron chi connectivity index (χ1n) is 8.62. The van der Waals surface area contributed by atoms with E-state index in [1.807, 2.05) is 49.6 Å². The van der Waals surface area contributed by atoms with Crippen molar-refractivity contribution >= 4 is 40.5 Å². The lowest BCUT2D eigenvalue weighted by Gasteiger charge is -2.08. The summed E-state index contributed by atoms with van der Waals surface area (Å²) < 4.78 is 5.57. The van der Waals surface area contributed by atoms with Gasteiger partial charge in [0.05, 0.1) is 10.6 Å². The number of aryl methyl sites for hydroxylation is 1. The number of carbonyl (C=O) groups excluding carboxylic acids is 2. The number of anilines is 1. The number of ketones is 1. The topological polar surface area (TPSA) is 68.3 Å². The highest BCUT2D eigenvalue weighted by Gasteiger charge is 2.13. The Hall–Kier alpha value is -2.64. The quantitative estimate of drug-likeness (QED) is 0.434. The third-order valence-electron chi connectivity index (χ3n) is 3.94. The number of hydrogen-bond donors (Lipinski definition) is 1. The highest BCUT2D eigenvalue weighted by atomic mass is 32.2. The van der Waals surface area contributed by atoms with Crippen molar-refractivity contribution in [1.29, 1.82) is 0 Å². The molecule has 0 aliphatic rings. The lowest BCUT2D eigenvalue weighted by Crippen LogP contribution is -2.20. The number of amides is 1. The number of nitrogens with one attached hydrogen (secondary N) is 1. The smallest absolute Gasteiger partial charge is 0.262 e. The van der Waals surface area contributed by atoms with E-state index in [2.05, 4.69) is 10.3 Å². The van der Waals surface area contributed by atoms with Gasteiger partial charge >= 0.3 is 0 Å². The van der Waals surface area contributed by atoms with Gasteiger partial charge in [0.2, 0.25) is 0 Å². The van der Waals surface area contributed by atoms with E-state index in [4.69, 9.17) is 4.74 Å². The second-order valence-corrected chi connectivity index (χ2v) is 7.96. The number of ether oxygens (including phenoxy) is 1. The fourth-order valence-corrected chi connectivity index (χ4v) is 4.01. The van der Waals surface area contributed by atoms with Gasteiger partial charge in [0.1, 0.15) is 10.8 Å². The van der Waals surface area contributed by atoms with Crippen molar-refractivity contribution in [2.45, 2.75) is 18.7 Å². The van der Waals surface area contributed by atoms with Gasteiger partial charge in [-0.15, -0.1) is 23.1 Å². The molecule has 144 valence electrons. The molecular weight excluding hydrogens is 392 g/mol. The van der Waals surface area contributed by atoms with Gasteiger partial charge in [0, 0.05) is 23.1 Å². The minimum atomic E-state index is -0.219. The molecule has 0 atom stereocenters. The van der Waals surface area contributed by atoms with Crippen molar-refractivity contribution in [2.24, 2.45) is 0 Å². The molecule has 1 heterocycles. The number of carbonyl (C=O) groups is 2. The van der Waals surface area contributed by atoms with E-state index in [9.17, 15) is 9.59 Å². The van der Waals surface area contributed by atoms with Crippen molar-refractivity contribution < 1.29 is 14.3 Å². The van der Waals surface area contributed by atoms with Gasteiger partial charge in [-0.25, -0.2) is 4.98 Å². The van der Waals surface area contributed by atoms with Gasteiger partial charge < -0.3 is 10.1 Å². The van der Waals surface area contributed by atoms with E-state index < -0.39 is 0 Å². The lowest BCUT2D eigenvalue weighted by molar-refractivity contribution is -0.118. The standard InChI is InChI=1S/C21H20N2O3S2/c1-13-20(14(2)24)28-21(22-13)15-7-9-17(10-8-15)26-12-19(25)23-16-5-4-6-18(11-16)27-3/h4-11H,12H2,1-3H3,(H,23,25). The summed E-state index contributed by atoms with van der Waals surface area (Å²) >= 11 is 3.00. The molecule has 1 amide bonds. The summed E-state index contributed by atoms with van der Waals surface area (Å²) in [4.78, 5) is 29.9. The van der Waals surface area contributed by atoms with Crippen LogP contribution in [0.3, 0.4) is 0 Å². The number of Topliss-reactive ketones (excluding diaryl/α,β-unsaturated/α-hetero) is 1. The molecule has 0 fully saturated rings. The molecule has 7 heteroatoms. The van der Waals surface area contributed by atoms with Crippen LogP contribution in [0.5, 0.6) is 5.75 Å². The Morgan fingerprint density at radius 2 is 1.93 bits per heavy atom. The molecule has 0 radical (unpaired) electrons. The maximum Gasteiger partial charge on any atom is 0.262 e. The van der Waals surface area contributed by atoms with Gasteiger partial charge in [-0.2, -0.15) is 0 Å². The van der Waals surface area contributed by atoms with Crippen LogP contribution in [0.1, 0.15) is 22.3 Å². The molecule has 0 saturated carbocycles. The molecule has 5 nitrogen and oxygen atoms in total. The van der Waals surface area contributed by atoms with Crippen LogP contribution in [0, 0.1) is 6.92 Å². The van der Waals surface area contributed by atoms with Crippen LogP contribution in [-0.2, 0) is 4.79 Å². The lowest BCUT2D eigenvalue weighted by atomic mass is 10.2. The Kier molecular flexibility index (Phi) is 6.49. The maximum absolute atomic E-state index is 12.1. The second kappa shape index (κ2) is 9.03. The van der Waals surface area contributed by atoms with E-state index in [0.717, 1.165) is 26.8 Å². The summed E-state index contributed by atoms with van der Waals surface area (Å²) in [6.45, 7) is 3.30. The van der Waals surface area contributed by atoms with E-state index in [1.165, 1.54) is 11.3 Å². The van der Waals surface area contributed by atoms with Crippen LogP contribution in [0.4, 0.5) is 5.69 Å². The number of nitrogens with zero attached hydrogens (tertiary/aromatic N) is 1. The zero-order chi connectivity index (χ0) is 20.1. The Morgan fingerprint density at radius 1 is 1.18 bits per heavy atom. The first kappa shape index (κ1) is 20.1. The molecule has 0 aliphatic carbocycles. The van der Waals surface area contributed by atoms with E-state index in [0.29, 0.717) is 10.6 Å². The largest absolute Gasteiger partial charge is 0.484 e. The van der Waals surface area contributed by atoms with Crippen LogP contribution in [0.25, 0.3) is 10.6 Å². The molecule has 0 bridgehead atoms. The normalized spacial score (nSPS) is 10.5. The van der Waals surface area contributed by atoms with Gasteiger partial charge in [0.25, 0.3) is 5.91 Å². The first-order valence-corrected chi connectivity index (χ1v) is 10.7. The van der Waals surface area contributed by atoms with E-state index >= 15 is 0 Å². The van der Waals surface area contributed by atoms with Crippen LogP contribution < -0.4 is 10.1 Å². The van der Waals surface area contributed by atoms with Crippen LogP contribution >= 0.6 is 23.1 Å². The summed E-state index contributed by atoms with van der Waals surface area (Å²) in [5.74, 6) is 0.399. The van der Waals surface area contributed by atoms with Gasteiger partial charge in [-0.05, 0) is 55.6 Å². The number of thiazole rings is 1. The van der Waals surface area contributed by atoms with Crippen LogP contribution in [0.2, 0.25) is 0 Å². The highest BCUT2D eigenvalue weighted by Crippen LogP contribution is 2.29. The van der Waals surface area contributed by atoms with Crippen molar-refractivity contribution in [3.05, 3.63) is 59.1 Å². The predicted molar refractivity (Wildman–Crippen MR) is 115 cm³/mol. The highest BCUT2D eigenvalue weighted by molar-refractivity contribution is 7.98. The second-order valence-electron chi connectivity index (χ2n) is 6.08. The summed E-state index contributed by atoms with van der Waals surface area (Å²) in [6.07, 6.45) is 1.99. The molecule has 28 heavy (non-hydrogen) atoms. The minimum Gasteiger partial charge on any atom is -0.484 e. The molecule has 0 unspecified atom stereocenters. The van der Waals surface area contributed by atoms with Gasteiger partial charge in [0.15, 0.2) is 12.4 Å². The summed E-state index contributed by atoms with van der Waals surface area (Å²) in [5, 5.41) is 3.62. The average Bonchev–Trinajstić information content (AvgIpc) is 3.09. The van der Waals surface area contributed by atoms with E-state index in [1.54, 1.807) is 30.8 Å². The SMILES string of the molecule is CSc1cccc(NC(=O)COc2ccc(-c3nc(C)c(C(C)=O)s3)cc2)c1. The van der Waals surface area contributed by atoms with Crippen molar-refractivity contribution in [3.8, 4) is 16.3 Å². The molecule has 0 saturated heterocycles. The summed E-state index contributed by atoms with van der Waals surface area (Å²) in [7, 11) is 0. The van der Waals surface area contributed by atoms with E-state index in [-0.39, 0.29) is 18.3 Å². The molecule has 2 aromatic carbocycles.